The van der Waals surface area contributed by atoms with E-state index in [1.165, 1.54) is 11.1 Å². The van der Waals surface area contributed by atoms with E-state index in [-0.39, 0.29) is 16.8 Å². The molecular weight excluding hydrogens is 284 g/mol. The topological polar surface area (TPSA) is 26.3 Å². The standard InChI is InChI=1S/C21H30O2/c1-5-16(12-19(22)6-2)11-17-13-18-7-8-20(4)21(18,9-10-23-20)14-15(17)3/h7-8,12,17-18H,3,5-6,9-11,13-14H2,1-2,4H3/b16-12-/t17-,18+,20+,21+/m1/s1. The Hall–Kier alpha value is -1.15. The molecule has 3 rings (SSSR count). The Kier molecular flexibility index (Phi) is 4.39. The molecule has 126 valence electrons. The third kappa shape index (κ3) is 2.65. The molecule has 1 spiro atoms. The fourth-order valence-corrected chi connectivity index (χ4v) is 4.99. The van der Waals surface area contributed by atoms with E-state index >= 15 is 0 Å². The average Bonchev–Trinajstić information content (AvgIpc) is 2.97. The van der Waals surface area contributed by atoms with Crippen molar-refractivity contribution in [1.29, 1.82) is 0 Å². The highest BCUT2D eigenvalue weighted by molar-refractivity contribution is 5.90. The molecule has 0 amide bonds. The molecule has 1 saturated heterocycles. The van der Waals surface area contributed by atoms with Crippen LogP contribution in [-0.2, 0) is 9.53 Å². The SMILES string of the molecule is C=C1C[C@]23CCO[C@@]2(C)C=C[C@H]3C[C@H]1C/C(=C\C(=O)CC)CC. The van der Waals surface area contributed by atoms with Gasteiger partial charge in [-0.15, -0.1) is 0 Å². The third-order valence-electron chi connectivity index (χ3n) is 6.63. The van der Waals surface area contributed by atoms with Crippen molar-refractivity contribution >= 4 is 5.78 Å². The summed E-state index contributed by atoms with van der Waals surface area (Å²) in [6.07, 6.45) is 12.5. The van der Waals surface area contributed by atoms with E-state index in [2.05, 4.69) is 32.6 Å². The molecule has 2 aliphatic carbocycles. The van der Waals surface area contributed by atoms with Gasteiger partial charge in [0.05, 0.1) is 5.60 Å². The molecule has 0 aromatic carbocycles. The lowest BCUT2D eigenvalue weighted by atomic mass is 9.57. The first kappa shape index (κ1) is 16.7. The van der Waals surface area contributed by atoms with Crippen LogP contribution in [0.25, 0.3) is 0 Å². The molecule has 0 aromatic rings. The molecule has 0 N–H and O–H groups in total. The maximum Gasteiger partial charge on any atom is 0.155 e. The van der Waals surface area contributed by atoms with Crippen molar-refractivity contribution in [2.45, 2.75) is 64.9 Å². The number of rotatable bonds is 5. The van der Waals surface area contributed by atoms with Crippen LogP contribution in [0.5, 0.6) is 0 Å². The summed E-state index contributed by atoms with van der Waals surface area (Å²) in [7, 11) is 0. The summed E-state index contributed by atoms with van der Waals surface area (Å²) in [6.45, 7) is 11.6. The molecule has 0 aromatic heterocycles. The lowest BCUT2D eigenvalue weighted by molar-refractivity contribution is -0.114. The zero-order chi connectivity index (χ0) is 16.7. The highest BCUT2D eigenvalue weighted by Gasteiger charge is 2.60. The van der Waals surface area contributed by atoms with Crippen LogP contribution in [0, 0.1) is 17.3 Å². The van der Waals surface area contributed by atoms with E-state index in [0.29, 0.717) is 18.3 Å². The quantitative estimate of drug-likeness (QED) is 0.527. The minimum Gasteiger partial charge on any atom is -0.371 e. The normalized spacial score (nSPS) is 39.4. The van der Waals surface area contributed by atoms with Crippen LogP contribution in [0.2, 0.25) is 0 Å². The molecule has 1 heterocycles. The average molecular weight is 314 g/mol. The van der Waals surface area contributed by atoms with Gasteiger partial charge < -0.3 is 4.74 Å². The first-order valence-corrected chi connectivity index (χ1v) is 9.17. The van der Waals surface area contributed by atoms with Gasteiger partial charge in [0.25, 0.3) is 0 Å². The Morgan fingerprint density at radius 3 is 2.91 bits per heavy atom. The highest BCUT2D eigenvalue weighted by atomic mass is 16.5. The summed E-state index contributed by atoms with van der Waals surface area (Å²) in [6, 6.07) is 0. The van der Waals surface area contributed by atoms with E-state index in [0.717, 1.165) is 38.7 Å². The zero-order valence-corrected chi connectivity index (χ0v) is 14.9. The van der Waals surface area contributed by atoms with Crippen LogP contribution in [0.1, 0.15) is 59.3 Å². The largest absolute Gasteiger partial charge is 0.371 e. The van der Waals surface area contributed by atoms with Crippen molar-refractivity contribution in [2.24, 2.45) is 17.3 Å². The summed E-state index contributed by atoms with van der Waals surface area (Å²) in [5.41, 5.74) is 2.81. The predicted octanol–water partition coefficient (Wildman–Crippen LogP) is 5.01. The van der Waals surface area contributed by atoms with Crippen LogP contribution in [0.15, 0.2) is 36.0 Å². The van der Waals surface area contributed by atoms with Crippen LogP contribution in [-0.4, -0.2) is 18.0 Å². The summed E-state index contributed by atoms with van der Waals surface area (Å²) in [5, 5.41) is 0. The monoisotopic (exact) mass is 314 g/mol. The maximum absolute atomic E-state index is 11.8. The Bertz CT molecular complexity index is 570. The minimum absolute atomic E-state index is 0.0901. The van der Waals surface area contributed by atoms with Gasteiger partial charge in [0, 0.05) is 18.4 Å². The highest BCUT2D eigenvalue weighted by Crippen LogP contribution is 2.63. The van der Waals surface area contributed by atoms with Crippen LogP contribution in [0.4, 0.5) is 0 Å². The van der Waals surface area contributed by atoms with Gasteiger partial charge in [0.1, 0.15) is 0 Å². The lowest BCUT2D eigenvalue weighted by Gasteiger charge is -2.47. The predicted molar refractivity (Wildman–Crippen MR) is 94.2 cm³/mol. The molecule has 4 atom stereocenters. The van der Waals surface area contributed by atoms with E-state index in [4.69, 9.17) is 4.74 Å². The van der Waals surface area contributed by atoms with Gasteiger partial charge in [-0.05, 0) is 56.9 Å². The number of hydrogen-bond acceptors (Lipinski definition) is 2. The first-order chi connectivity index (χ1) is 10.9. The van der Waals surface area contributed by atoms with E-state index in [9.17, 15) is 4.79 Å². The van der Waals surface area contributed by atoms with Crippen LogP contribution in [0.3, 0.4) is 0 Å². The Labute approximate surface area is 140 Å². The van der Waals surface area contributed by atoms with E-state index < -0.39 is 0 Å². The number of ether oxygens (including phenoxy) is 1. The molecule has 1 saturated carbocycles. The molecule has 1 aliphatic heterocycles. The van der Waals surface area contributed by atoms with Crippen molar-refractivity contribution in [3.63, 3.8) is 0 Å². The number of carbonyl (C=O) groups is 1. The summed E-state index contributed by atoms with van der Waals surface area (Å²) in [5.74, 6) is 1.36. The Morgan fingerprint density at radius 1 is 1.43 bits per heavy atom. The third-order valence-corrected chi connectivity index (χ3v) is 6.63. The summed E-state index contributed by atoms with van der Waals surface area (Å²) < 4.78 is 6.09. The molecule has 2 heteroatoms. The van der Waals surface area contributed by atoms with E-state index in [1.54, 1.807) is 0 Å². The molecule has 0 bridgehead atoms. The molecule has 2 nitrogen and oxygen atoms in total. The van der Waals surface area contributed by atoms with Gasteiger partial charge in [0.2, 0.25) is 0 Å². The van der Waals surface area contributed by atoms with Gasteiger partial charge in [-0.2, -0.15) is 0 Å². The zero-order valence-electron chi connectivity index (χ0n) is 14.9. The molecule has 0 radical (unpaired) electrons. The number of carbonyl (C=O) groups excluding carboxylic acids is 1. The van der Waals surface area contributed by atoms with Gasteiger partial charge in [-0.3, -0.25) is 4.79 Å². The number of ketones is 1. The minimum atomic E-state index is -0.0901. The van der Waals surface area contributed by atoms with Crippen LogP contribution >= 0.6 is 0 Å². The smallest absolute Gasteiger partial charge is 0.155 e. The molecule has 3 aliphatic rings. The van der Waals surface area contributed by atoms with Crippen LogP contribution < -0.4 is 0 Å². The van der Waals surface area contributed by atoms with Crippen molar-refractivity contribution in [3.8, 4) is 0 Å². The Morgan fingerprint density at radius 2 is 2.22 bits per heavy atom. The number of allylic oxidation sites excluding steroid dienone is 4. The summed E-state index contributed by atoms with van der Waals surface area (Å²) in [4.78, 5) is 11.8. The second kappa shape index (κ2) is 6.05. The first-order valence-electron chi connectivity index (χ1n) is 9.17. The second-order valence-electron chi connectivity index (χ2n) is 7.78. The van der Waals surface area contributed by atoms with E-state index in [1.807, 2.05) is 13.0 Å². The maximum atomic E-state index is 11.8. The van der Waals surface area contributed by atoms with Crippen molar-refractivity contribution < 1.29 is 9.53 Å². The summed E-state index contributed by atoms with van der Waals surface area (Å²) >= 11 is 0. The molecule has 2 fully saturated rings. The van der Waals surface area contributed by atoms with Gasteiger partial charge >= 0.3 is 0 Å². The fourth-order valence-electron chi connectivity index (χ4n) is 4.99. The Balaban J connectivity index is 1.76. The lowest BCUT2D eigenvalue weighted by Crippen LogP contribution is -2.45. The number of hydrogen-bond donors (Lipinski definition) is 0. The van der Waals surface area contributed by atoms with Gasteiger partial charge in [0.15, 0.2) is 5.78 Å². The van der Waals surface area contributed by atoms with Crippen molar-refractivity contribution in [3.05, 3.63) is 36.0 Å². The molecule has 23 heavy (non-hydrogen) atoms. The van der Waals surface area contributed by atoms with Gasteiger partial charge in [-0.1, -0.05) is 43.7 Å². The molecule has 0 unspecified atom stereocenters. The van der Waals surface area contributed by atoms with Crippen molar-refractivity contribution in [1.82, 2.24) is 0 Å². The molecular formula is C21H30O2. The van der Waals surface area contributed by atoms with Crippen molar-refractivity contribution in [2.75, 3.05) is 6.61 Å². The fraction of sp³-hybridized carbons (Fsp3) is 0.667. The second-order valence-corrected chi connectivity index (χ2v) is 7.78. The van der Waals surface area contributed by atoms with Gasteiger partial charge in [-0.25, -0.2) is 0 Å².